The van der Waals surface area contributed by atoms with Crippen molar-refractivity contribution in [1.82, 2.24) is 20.1 Å². The average Bonchev–Trinajstić information content (AvgIpc) is 3.39. The maximum atomic E-state index is 13.2. The van der Waals surface area contributed by atoms with Crippen molar-refractivity contribution in [2.75, 3.05) is 25.5 Å². The van der Waals surface area contributed by atoms with Crippen LogP contribution in [0.4, 0.5) is 5.82 Å². The van der Waals surface area contributed by atoms with E-state index in [1.807, 2.05) is 41.3 Å². The second-order valence-electron chi connectivity index (χ2n) is 8.08. The summed E-state index contributed by atoms with van der Waals surface area (Å²) in [5, 5.41) is 11.6. The molecule has 2 aliphatic rings. The van der Waals surface area contributed by atoms with Gasteiger partial charge in [0.1, 0.15) is 5.82 Å². The van der Waals surface area contributed by atoms with Gasteiger partial charge in [-0.25, -0.2) is 4.98 Å². The van der Waals surface area contributed by atoms with Crippen LogP contribution in [-0.4, -0.2) is 58.3 Å². The number of H-pyrrole nitrogens is 1. The van der Waals surface area contributed by atoms with Gasteiger partial charge in [-0.2, -0.15) is 5.10 Å². The molecule has 7 nitrogen and oxygen atoms in total. The number of pyridine rings is 1. The van der Waals surface area contributed by atoms with Gasteiger partial charge in [-0.3, -0.25) is 9.89 Å². The van der Waals surface area contributed by atoms with Gasteiger partial charge in [0, 0.05) is 31.8 Å². The molecule has 2 N–H and O–H groups in total. The van der Waals surface area contributed by atoms with Crippen LogP contribution >= 0.6 is 0 Å². The zero-order chi connectivity index (χ0) is 19.8. The lowest BCUT2D eigenvalue weighted by Gasteiger charge is -2.37. The highest BCUT2D eigenvalue weighted by atomic mass is 16.5. The molecular weight excluding hydrogens is 366 g/mol. The maximum absolute atomic E-state index is 13.2. The van der Waals surface area contributed by atoms with E-state index in [2.05, 4.69) is 20.5 Å². The summed E-state index contributed by atoms with van der Waals surface area (Å²) in [7, 11) is 1.77. The smallest absolute Gasteiger partial charge is 0.256 e. The fourth-order valence-corrected chi connectivity index (χ4v) is 4.95. The Kier molecular flexibility index (Phi) is 4.67. The number of aromatic nitrogens is 3. The van der Waals surface area contributed by atoms with Gasteiger partial charge in [-0.15, -0.1) is 0 Å². The van der Waals surface area contributed by atoms with Gasteiger partial charge in [0.05, 0.1) is 29.4 Å². The number of likely N-dealkylation sites (tertiary alicyclic amines) is 1. The first kappa shape index (κ1) is 18.1. The Bertz CT molecular complexity index is 1000. The Morgan fingerprint density at radius 1 is 1.17 bits per heavy atom. The first-order valence-corrected chi connectivity index (χ1v) is 10.1. The summed E-state index contributed by atoms with van der Waals surface area (Å²) in [5.74, 6) is 1.88. The summed E-state index contributed by atoms with van der Waals surface area (Å²) in [6, 6.07) is 11.8. The monoisotopic (exact) mass is 391 g/mol. The van der Waals surface area contributed by atoms with Crippen LogP contribution in [0, 0.1) is 11.8 Å². The summed E-state index contributed by atoms with van der Waals surface area (Å²) in [5.41, 5.74) is 1.52. The molecule has 3 heterocycles. The molecule has 1 aromatic carbocycles. The third kappa shape index (κ3) is 3.35. The van der Waals surface area contributed by atoms with Crippen LogP contribution in [0.1, 0.15) is 23.2 Å². The number of benzene rings is 1. The molecule has 2 fully saturated rings. The zero-order valence-corrected chi connectivity index (χ0v) is 16.4. The van der Waals surface area contributed by atoms with Gasteiger partial charge < -0.3 is 15.0 Å². The number of fused-ring (bicyclic) bond motifs is 2. The molecule has 0 radical (unpaired) electrons. The first-order chi connectivity index (χ1) is 14.2. The van der Waals surface area contributed by atoms with Crippen molar-refractivity contribution in [3.8, 4) is 0 Å². The molecule has 0 bridgehead atoms. The van der Waals surface area contributed by atoms with Gasteiger partial charge in [-0.1, -0.05) is 18.2 Å². The molecule has 1 aliphatic carbocycles. The van der Waals surface area contributed by atoms with Gasteiger partial charge in [-0.05, 0) is 42.9 Å². The lowest BCUT2D eigenvalue weighted by molar-refractivity contribution is 0.0304. The van der Waals surface area contributed by atoms with E-state index in [1.165, 1.54) is 0 Å². The highest BCUT2D eigenvalue weighted by Crippen LogP contribution is 2.39. The first-order valence-electron chi connectivity index (χ1n) is 10.1. The van der Waals surface area contributed by atoms with E-state index in [1.54, 1.807) is 19.5 Å². The number of hydrogen-bond donors (Lipinski definition) is 2. The molecule has 2 aromatic heterocycles. The predicted octanol–water partition coefficient (Wildman–Crippen LogP) is 2.94. The number of methoxy groups -OCH3 is 1. The van der Waals surface area contributed by atoms with Crippen LogP contribution in [-0.2, 0) is 4.74 Å². The van der Waals surface area contributed by atoms with Gasteiger partial charge in [0.15, 0.2) is 0 Å². The van der Waals surface area contributed by atoms with E-state index in [0.29, 0.717) is 17.4 Å². The lowest BCUT2D eigenvalue weighted by Crippen LogP contribution is -2.44. The van der Waals surface area contributed by atoms with Crippen LogP contribution in [0.3, 0.4) is 0 Å². The molecule has 150 valence electrons. The second kappa shape index (κ2) is 7.48. The number of ether oxygens (including phenoxy) is 1. The van der Waals surface area contributed by atoms with Crippen molar-refractivity contribution < 1.29 is 9.53 Å². The Balaban J connectivity index is 1.32. The quantitative estimate of drug-likeness (QED) is 0.715. The van der Waals surface area contributed by atoms with Crippen LogP contribution in [0.5, 0.6) is 0 Å². The van der Waals surface area contributed by atoms with E-state index in [0.717, 1.165) is 42.7 Å². The van der Waals surface area contributed by atoms with E-state index in [-0.39, 0.29) is 18.1 Å². The zero-order valence-electron chi connectivity index (χ0n) is 16.4. The Hall–Kier alpha value is -2.93. The lowest BCUT2D eigenvalue weighted by atomic mass is 9.77. The Morgan fingerprint density at radius 3 is 2.83 bits per heavy atom. The molecule has 5 rings (SSSR count). The van der Waals surface area contributed by atoms with E-state index in [9.17, 15) is 4.79 Å². The minimum absolute atomic E-state index is 0.0810. The number of nitrogens with one attached hydrogen (secondary N) is 2. The van der Waals surface area contributed by atoms with Crippen molar-refractivity contribution in [1.29, 1.82) is 0 Å². The largest absolute Gasteiger partial charge is 0.379 e. The summed E-state index contributed by atoms with van der Waals surface area (Å²) in [6.07, 6.45) is 5.58. The maximum Gasteiger partial charge on any atom is 0.256 e. The van der Waals surface area contributed by atoms with E-state index in [4.69, 9.17) is 4.74 Å². The SMILES string of the molecule is CO[C@@H]1C[C@H]2CN(C(=O)c3cccc4cn[nH]c34)C[C@H]2C[C@H]1Nc1ccccn1. The number of para-hydroxylation sites is 1. The number of rotatable bonds is 4. The molecule has 0 spiro atoms. The number of nitrogens with zero attached hydrogens (tertiary/aromatic N) is 3. The number of carbonyl (C=O) groups excluding carboxylic acids is 1. The second-order valence-corrected chi connectivity index (χ2v) is 8.08. The molecule has 4 atom stereocenters. The molecule has 3 aromatic rings. The summed E-state index contributed by atoms with van der Waals surface area (Å²) >= 11 is 0. The van der Waals surface area contributed by atoms with Crippen molar-refractivity contribution in [3.63, 3.8) is 0 Å². The molecule has 0 unspecified atom stereocenters. The molecule has 1 saturated carbocycles. The standard InChI is InChI=1S/C22H25N5O2/c1-29-19-10-16-13-27(22(28)17-6-4-5-14-11-24-26-21(14)17)12-15(16)9-18(19)25-20-7-2-3-8-23-20/h2-8,11,15-16,18-19H,9-10,12-13H2,1H3,(H,23,25)(H,24,26)/t15-,16+,18-,19-/m1/s1. The van der Waals surface area contributed by atoms with Gasteiger partial charge >= 0.3 is 0 Å². The Morgan fingerprint density at radius 2 is 2.03 bits per heavy atom. The minimum atomic E-state index is 0.0810. The van der Waals surface area contributed by atoms with Crippen LogP contribution in [0.2, 0.25) is 0 Å². The van der Waals surface area contributed by atoms with Crippen LogP contribution in [0.25, 0.3) is 10.9 Å². The van der Waals surface area contributed by atoms with E-state index >= 15 is 0 Å². The number of carbonyl (C=O) groups is 1. The fraction of sp³-hybridized carbons (Fsp3) is 0.409. The van der Waals surface area contributed by atoms with Crippen molar-refractivity contribution in [3.05, 3.63) is 54.4 Å². The fourth-order valence-electron chi connectivity index (χ4n) is 4.95. The van der Waals surface area contributed by atoms with Crippen LogP contribution in [0.15, 0.2) is 48.8 Å². The molecule has 29 heavy (non-hydrogen) atoms. The minimum Gasteiger partial charge on any atom is -0.379 e. The number of aromatic amines is 1. The Labute approximate surface area is 169 Å². The van der Waals surface area contributed by atoms with Crippen molar-refractivity contribution >= 4 is 22.6 Å². The molecule has 1 amide bonds. The van der Waals surface area contributed by atoms with Crippen LogP contribution < -0.4 is 5.32 Å². The third-order valence-electron chi connectivity index (χ3n) is 6.41. The number of amides is 1. The highest BCUT2D eigenvalue weighted by molar-refractivity contribution is 6.05. The molecule has 1 aliphatic heterocycles. The molecule has 1 saturated heterocycles. The van der Waals surface area contributed by atoms with Crippen molar-refractivity contribution in [2.45, 2.75) is 25.0 Å². The topological polar surface area (TPSA) is 83.1 Å². The summed E-state index contributed by atoms with van der Waals surface area (Å²) < 4.78 is 5.80. The number of anilines is 1. The summed E-state index contributed by atoms with van der Waals surface area (Å²) in [6.45, 7) is 1.56. The molecule has 7 heteroatoms. The van der Waals surface area contributed by atoms with E-state index < -0.39 is 0 Å². The van der Waals surface area contributed by atoms with Gasteiger partial charge in [0.2, 0.25) is 0 Å². The normalized spacial score (nSPS) is 26.4. The summed E-state index contributed by atoms with van der Waals surface area (Å²) in [4.78, 5) is 19.6. The predicted molar refractivity (Wildman–Crippen MR) is 111 cm³/mol. The third-order valence-corrected chi connectivity index (χ3v) is 6.41. The average molecular weight is 391 g/mol. The van der Waals surface area contributed by atoms with Crippen molar-refractivity contribution in [2.24, 2.45) is 11.8 Å². The molecular formula is C22H25N5O2. The van der Waals surface area contributed by atoms with Gasteiger partial charge in [0.25, 0.3) is 5.91 Å². The highest BCUT2D eigenvalue weighted by Gasteiger charge is 2.44. The number of hydrogen-bond acceptors (Lipinski definition) is 5.